The first-order valence-corrected chi connectivity index (χ1v) is 5.10. The average molecular weight is 233 g/mol. The Bertz CT molecular complexity index is 425. The van der Waals surface area contributed by atoms with Crippen molar-refractivity contribution in [3.05, 3.63) is 64.6 Å². The van der Waals surface area contributed by atoms with E-state index in [0.717, 1.165) is 11.9 Å². The molecule has 0 atom stereocenters. The van der Waals surface area contributed by atoms with Crippen LogP contribution < -0.4 is 5.32 Å². The molecular formula is C12H15N3O2. The number of nitrogens with one attached hydrogen (secondary N) is 1. The maximum Gasteiger partial charge on any atom is 0.257 e. The highest BCUT2D eigenvalue weighted by Crippen LogP contribution is 2.09. The Morgan fingerprint density at radius 2 is 2.00 bits per heavy atom. The normalized spacial score (nSPS) is 11.5. The Morgan fingerprint density at radius 1 is 1.35 bits per heavy atom. The van der Waals surface area contributed by atoms with Crippen LogP contribution in [0.15, 0.2) is 54.5 Å². The van der Waals surface area contributed by atoms with E-state index in [2.05, 4.69) is 5.32 Å². The molecule has 5 heteroatoms. The molecule has 0 amide bonds. The van der Waals surface area contributed by atoms with E-state index in [1.54, 1.807) is 17.2 Å². The third kappa shape index (κ3) is 5.36. The summed E-state index contributed by atoms with van der Waals surface area (Å²) < 4.78 is 0. The van der Waals surface area contributed by atoms with Crippen LogP contribution >= 0.6 is 0 Å². The van der Waals surface area contributed by atoms with Crippen LogP contribution in [0.1, 0.15) is 0 Å². The van der Waals surface area contributed by atoms with Crippen LogP contribution in [-0.2, 0) is 0 Å². The lowest BCUT2D eigenvalue weighted by Gasteiger charge is -2.07. The average Bonchev–Trinajstić information content (AvgIpc) is 2.26. The second-order valence-electron chi connectivity index (χ2n) is 3.64. The second kappa shape index (κ2) is 6.32. The fraction of sp³-hybridized carbons (Fsp3) is 0.167. The van der Waals surface area contributed by atoms with Gasteiger partial charge in [0.25, 0.3) is 6.20 Å². The van der Waals surface area contributed by atoms with E-state index >= 15 is 0 Å². The van der Waals surface area contributed by atoms with Crippen molar-refractivity contribution in [3.8, 4) is 0 Å². The zero-order chi connectivity index (χ0) is 12.7. The Labute approximate surface area is 100 Å². The summed E-state index contributed by atoms with van der Waals surface area (Å²) in [4.78, 5) is 11.8. The van der Waals surface area contributed by atoms with Crippen LogP contribution in [0, 0.1) is 10.1 Å². The van der Waals surface area contributed by atoms with E-state index in [0.29, 0.717) is 5.70 Å². The molecule has 90 valence electrons. The summed E-state index contributed by atoms with van der Waals surface area (Å²) in [6.45, 7) is 0. The minimum atomic E-state index is -0.481. The number of hydrogen-bond donors (Lipinski definition) is 1. The second-order valence-corrected chi connectivity index (χ2v) is 3.64. The number of anilines is 1. The maximum absolute atomic E-state index is 10.5. The molecule has 1 rings (SSSR count). The minimum Gasteiger partial charge on any atom is -0.383 e. The Balaban J connectivity index is 2.82. The van der Waals surface area contributed by atoms with E-state index < -0.39 is 4.92 Å². The van der Waals surface area contributed by atoms with Crippen molar-refractivity contribution in [1.82, 2.24) is 4.90 Å². The van der Waals surface area contributed by atoms with Gasteiger partial charge >= 0.3 is 0 Å². The van der Waals surface area contributed by atoms with Crippen molar-refractivity contribution in [1.29, 1.82) is 0 Å². The van der Waals surface area contributed by atoms with Crippen molar-refractivity contribution in [3.63, 3.8) is 0 Å². The highest BCUT2D eigenvalue weighted by atomic mass is 16.6. The molecule has 0 heterocycles. The quantitative estimate of drug-likeness (QED) is 0.481. The molecule has 0 aliphatic rings. The largest absolute Gasteiger partial charge is 0.383 e. The van der Waals surface area contributed by atoms with Gasteiger partial charge in [-0.25, -0.2) is 0 Å². The first-order valence-electron chi connectivity index (χ1n) is 5.10. The highest BCUT2D eigenvalue weighted by Gasteiger charge is 1.99. The molecule has 0 saturated carbocycles. The molecule has 1 N–H and O–H groups in total. The molecule has 0 spiro atoms. The summed E-state index contributed by atoms with van der Waals surface area (Å²) in [6, 6.07) is 9.30. The van der Waals surface area contributed by atoms with Crippen molar-refractivity contribution < 1.29 is 4.92 Å². The van der Waals surface area contributed by atoms with E-state index in [-0.39, 0.29) is 0 Å². The highest BCUT2D eigenvalue weighted by molar-refractivity contribution is 5.49. The fourth-order valence-electron chi connectivity index (χ4n) is 1.15. The van der Waals surface area contributed by atoms with Gasteiger partial charge in [0.05, 0.1) is 4.92 Å². The zero-order valence-corrected chi connectivity index (χ0v) is 9.83. The van der Waals surface area contributed by atoms with Crippen LogP contribution in [0.3, 0.4) is 0 Å². The predicted molar refractivity (Wildman–Crippen MR) is 68.0 cm³/mol. The maximum atomic E-state index is 10.5. The smallest absolute Gasteiger partial charge is 0.257 e. The van der Waals surface area contributed by atoms with Gasteiger partial charge in [0, 0.05) is 26.0 Å². The summed E-state index contributed by atoms with van der Waals surface area (Å²) in [6.07, 6.45) is 4.33. The molecule has 0 fully saturated rings. The molecular weight excluding hydrogens is 218 g/mol. The van der Waals surface area contributed by atoms with E-state index in [1.807, 2.05) is 44.4 Å². The van der Waals surface area contributed by atoms with Crippen molar-refractivity contribution in [2.24, 2.45) is 0 Å². The molecule has 5 nitrogen and oxygen atoms in total. The molecule has 0 aliphatic carbocycles. The van der Waals surface area contributed by atoms with Crippen molar-refractivity contribution in [2.75, 3.05) is 19.4 Å². The van der Waals surface area contributed by atoms with Gasteiger partial charge < -0.3 is 10.2 Å². The van der Waals surface area contributed by atoms with Gasteiger partial charge in [0.2, 0.25) is 0 Å². The molecule has 0 aliphatic heterocycles. The molecule has 0 radical (unpaired) electrons. The summed E-state index contributed by atoms with van der Waals surface area (Å²) in [5.74, 6) is 0. The van der Waals surface area contributed by atoms with E-state index in [1.165, 1.54) is 0 Å². The molecule has 0 bridgehead atoms. The van der Waals surface area contributed by atoms with Crippen LogP contribution in [0.25, 0.3) is 0 Å². The van der Waals surface area contributed by atoms with Gasteiger partial charge in [-0.1, -0.05) is 18.2 Å². The third-order valence-electron chi connectivity index (χ3n) is 1.86. The van der Waals surface area contributed by atoms with Gasteiger partial charge in [-0.05, 0) is 18.2 Å². The summed E-state index contributed by atoms with van der Waals surface area (Å²) in [5, 5.41) is 13.5. The van der Waals surface area contributed by atoms with E-state index in [9.17, 15) is 10.1 Å². The summed E-state index contributed by atoms with van der Waals surface area (Å²) >= 11 is 0. The molecule has 17 heavy (non-hydrogen) atoms. The third-order valence-corrected chi connectivity index (χ3v) is 1.86. The number of nitrogens with zero attached hydrogens (tertiary/aromatic N) is 2. The number of rotatable bonds is 5. The van der Waals surface area contributed by atoms with Crippen molar-refractivity contribution >= 4 is 5.69 Å². The zero-order valence-electron chi connectivity index (χ0n) is 9.83. The molecule has 0 unspecified atom stereocenters. The number of benzene rings is 1. The van der Waals surface area contributed by atoms with Gasteiger partial charge in [0.15, 0.2) is 0 Å². The number of hydrogen-bond acceptors (Lipinski definition) is 4. The summed E-state index contributed by atoms with van der Waals surface area (Å²) in [7, 11) is 3.70. The molecule has 1 aromatic carbocycles. The topological polar surface area (TPSA) is 58.4 Å². The summed E-state index contributed by atoms with van der Waals surface area (Å²) in [5.41, 5.74) is 1.24. The molecule has 1 aromatic rings. The lowest BCUT2D eigenvalue weighted by molar-refractivity contribution is -0.403. The van der Waals surface area contributed by atoms with Gasteiger partial charge in [0.1, 0.15) is 5.70 Å². The monoisotopic (exact) mass is 233 g/mol. The standard InChI is InChI=1S/C12H15N3O2/c1-14(2)9-8-12(10-15(16)17)13-11-6-4-3-5-7-11/h3-10,13H,1-2H3/b9-8+,12-10+. The number of allylic oxidation sites excluding steroid dienone is 1. The predicted octanol–water partition coefficient (Wildman–Crippen LogP) is 2.29. The molecule has 0 aromatic heterocycles. The van der Waals surface area contributed by atoms with Crippen LogP contribution in [0.2, 0.25) is 0 Å². The van der Waals surface area contributed by atoms with Gasteiger partial charge in [-0.2, -0.15) is 0 Å². The number of para-hydroxylation sites is 1. The Hall–Kier alpha value is -2.30. The first kappa shape index (κ1) is 12.8. The Kier molecular flexibility index (Phi) is 4.75. The van der Waals surface area contributed by atoms with E-state index in [4.69, 9.17) is 0 Å². The SMILES string of the molecule is CN(C)/C=C/C(=C\[N+](=O)[O-])Nc1ccccc1. The fourth-order valence-corrected chi connectivity index (χ4v) is 1.15. The lowest BCUT2D eigenvalue weighted by Crippen LogP contribution is -2.04. The molecule has 0 saturated heterocycles. The number of nitro groups is 1. The van der Waals surface area contributed by atoms with Crippen LogP contribution in [0.5, 0.6) is 0 Å². The van der Waals surface area contributed by atoms with Crippen LogP contribution in [-0.4, -0.2) is 23.9 Å². The van der Waals surface area contributed by atoms with Gasteiger partial charge in [-0.15, -0.1) is 0 Å². The lowest BCUT2D eigenvalue weighted by atomic mass is 10.3. The van der Waals surface area contributed by atoms with Crippen LogP contribution in [0.4, 0.5) is 5.69 Å². The van der Waals surface area contributed by atoms with Gasteiger partial charge in [-0.3, -0.25) is 10.1 Å². The first-order chi connectivity index (χ1) is 8.08. The van der Waals surface area contributed by atoms with Crippen molar-refractivity contribution in [2.45, 2.75) is 0 Å². The Morgan fingerprint density at radius 3 is 2.53 bits per heavy atom. The minimum absolute atomic E-state index is 0.426.